The standard InChI is InChI=1S/C14H22N4O/c1-3-4-9-18(11-5-6-11)14-12(13(15)17-19)10(2)7-8-16-14/h7-8,11,19H,3-6,9H2,1-2H3,(H2,15,17). The molecule has 0 atom stereocenters. The van der Waals surface area contributed by atoms with E-state index in [1.54, 1.807) is 6.20 Å². The first-order valence-corrected chi connectivity index (χ1v) is 6.89. The summed E-state index contributed by atoms with van der Waals surface area (Å²) >= 11 is 0. The van der Waals surface area contributed by atoms with Gasteiger partial charge >= 0.3 is 0 Å². The van der Waals surface area contributed by atoms with E-state index in [1.165, 1.54) is 12.8 Å². The SMILES string of the molecule is CCCCN(c1nccc(C)c1/C(N)=N/O)C1CC1. The summed E-state index contributed by atoms with van der Waals surface area (Å²) in [5.74, 6) is 0.994. The Morgan fingerprint density at radius 3 is 2.89 bits per heavy atom. The fourth-order valence-corrected chi connectivity index (χ4v) is 2.30. The number of aromatic nitrogens is 1. The van der Waals surface area contributed by atoms with E-state index < -0.39 is 0 Å². The second-order valence-corrected chi connectivity index (χ2v) is 5.09. The minimum absolute atomic E-state index is 0.141. The number of hydrogen-bond acceptors (Lipinski definition) is 4. The molecule has 0 radical (unpaired) electrons. The van der Waals surface area contributed by atoms with Crippen LogP contribution >= 0.6 is 0 Å². The summed E-state index contributed by atoms with van der Waals surface area (Å²) in [6, 6.07) is 2.45. The first-order valence-electron chi connectivity index (χ1n) is 6.89. The normalized spacial score (nSPS) is 15.6. The van der Waals surface area contributed by atoms with Crippen LogP contribution in [-0.4, -0.2) is 28.6 Å². The van der Waals surface area contributed by atoms with Gasteiger partial charge < -0.3 is 15.8 Å². The number of anilines is 1. The highest BCUT2D eigenvalue weighted by Crippen LogP contribution is 2.33. The van der Waals surface area contributed by atoms with Gasteiger partial charge in [0, 0.05) is 18.8 Å². The van der Waals surface area contributed by atoms with Gasteiger partial charge in [0.15, 0.2) is 5.84 Å². The molecule has 0 spiro atoms. The molecule has 1 aliphatic rings. The molecule has 104 valence electrons. The van der Waals surface area contributed by atoms with Crippen LogP contribution in [0.25, 0.3) is 0 Å². The molecule has 0 saturated heterocycles. The number of rotatable bonds is 6. The van der Waals surface area contributed by atoms with Crippen molar-refractivity contribution in [2.75, 3.05) is 11.4 Å². The van der Waals surface area contributed by atoms with Gasteiger partial charge in [-0.15, -0.1) is 0 Å². The second kappa shape index (κ2) is 5.91. The zero-order valence-electron chi connectivity index (χ0n) is 11.6. The summed E-state index contributed by atoms with van der Waals surface area (Å²) < 4.78 is 0. The number of hydrogen-bond donors (Lipinski definition) is 2. The van der Waals surface area contributed by atoms with E-state index >= 15 is 0 Å². The molecule has 1 saturated carbocycles. The lowest BCUT2D eigenvalue weighted by Crippen LogP contribution is -2.31. The van der Waals surface area contributed by atoms with Crippen molar-refractivity contribution in [1.29, 1.82) is 0 Å². The Morgan fingerprint density at radius 2 is 2.32 bits per heavy atom. The Labute approximate surface area is 114 Å². The third-order valence-electron chi connectivity index (χ3n) is 3.52. The third-order valence-corrected chi connectivity index (χ3v) is 3.52. The van der Waals surface area contributed by atoms with Crippen molar-refractivity contribution in [2.24, 2.45) is 10.9 Å². The van der Waals surface area contributed by atoms with Crippen molar-refractivity contribution >= 4 is 11.7 Å². The van der Waals surface area contributed by atoms with E-state index in [4.69, 9.17) is 10.9 Å². The topological polar surface area (TPSA) is 74.7 Å². The van der Waals surface area contributed by atoms with Gasteiger partial charge in [0.05, 0.1) is 5.56 Å². The fraction of sp³-hybridized carbons (Fsp3) is 0.571. The predicted molar refractivity (Wildman–Crippen MR) is 76.8 cm³/mol. The van der Waals surface area contributed by atoms with Crippen molar-refractivity contribution in [3.63, 3.8) is 0 Å². The van der Waals surface area contributed by atoms with Crippen molar-refractivity contribution in [1.82, 2.24) is 4.98 Å². The summed E-state index contributed by atoms with van der Waals surface area (Å²) in [6.45, 7) is 5.12. The first kappa shape index (κ1) is 13.6. The molecule has 0 aliphatic heterocycles. The van der Waals surface area contributed by atoms with Crippen molar-refractivity contribution < 1.29 is 5.21 Å². The van der Waals surface area contributed by atoms with Gasteiger partial charge in [0.1, 0.15) is 5.82 Å². The number of amidine groups is 1. The van der Waals surface area contributed by atoms with Gasteiger partial charge in [-0.3, -0.25) is 0 Å². The highest BCUT2D eigenvalue weighted by molar-refractivity contribution is 6.02. The van der Waals surface area contributed by atoms with E-state index in [0.717, 1.165) is 36.3 Å². The maximum absolute atomic E-state index is 8.97. The molecule has 0 amide bonds. The lowest BCUT2D eigenvalue weighted by atomic mass is 10.1. The monoisotopic (exact) mass is 262 g/mol. The lowest BCUT2D eigenvalue weighted by Gasteiger charge is -2.26. The predicted octanol–water partition coefficient (Wildman–Crippen LogP) is 2.25. The lowest BCUT2D eigenvalue weighted by molar-refractivity contribution is 0.318. The number of oxime groups is 1. The number of nitrogens with two attached hydrogens (primary N) is 1. The van der Waals surface area contributed by atoms with E-state index in [0.29, 0.717) is 6.04 Å². The van der Waals surface area contributed by atoms with Crippen molar-refractivity contribution in [3.05, 3.63) is 23.4 Å². The molecule has 1 aromatic rings. The molecule has 0 bridgehead atoms. The van der Waals surface area contributed by atoms with Crippen LogP contribution in [0.15, 0.2) is 17.4 Å². The highest BCUT2D eigenvalue weighted by atomic mass is 16.4. The maximum atomic E-state index is 8.97. The molecule has 5 heteroatoms. The fourth-order valence-electron chi connectivity index (χ4n) is 2.30. The smallest absolute Gasteiger partial charge is 0.174 e. The third kappa shape index (κ3) is 2.97. The maximum Gasteiger partial charge on any atom is 0.174 e. The summed E-state index contributed by atoms with van der Waals surface area (Å²) in [4.78, 5) is 6.79. The number of unbranched alkanes of at least 4 members (excludes halogenated alkanes) is 1. The minimum Gasteiger partial charge on any atom is -0.409 e. The molecule has 1 aliphatic carbocycles. The van der Waals surface area contributed by atoms with E-state index in [-0.39, 0.29) is 5.84 Å². The number of aryl methyl sites for hydroxylation is 1. The Morgan fingerprint density at radius 1 is 1.58 bits per heavy atom. The number of nitrogens with zero attached hydrogens (tertiary/aromatic N) is 3. The quantitative estimate of drug-likeness (QED) is 0.357. The van der Waals surface area contributed by atoms with Crippen LogP contribution in [0.1, 0.15) is 43.7 Å². The van der Waals surface area contributed by atoms with Crippen LogP contribution in [0.2, 0.25) is 0 Å². The van der Waals surface area contributed by atoms with Crippen molar-refractivity contribution in [3.8, 4) is 0 Å². The largest absolute Gasteiger partial charge is 0.409 e. The summed E-state index contributed by atoms with van der Waals surface area (Å²) in [7, 11) is 0. The van der Waals surface area contributed by atoms with Crippen LogP contribution in [0.4, 0.5) is 5.82 Å². The summed E-state index contributed by atoms with van der Waals surface area (Å²) in [5, 5.41) is 12.1. The molecule has 1 heterocycles. The zero-order chi connectivity index (χ0) is 13.8. The van der Waals surface area contributed by atoms with Gasteiger partial charge in [-0.25, -0.2) is 4.98 Å². The molecule has 0 aromatic carbocycles. The van der Waals surface area contributed by atoms with E-state index in [1.807, 2.05) is 13.0 Å². The van der Waals surface area contributed by atoms with Gasteiger partial charge in [-0.2, -0.15) is 0 Å². The Kier molecular flexibility index (Phi) is 4.24. The highest BCUT2D eigenvalue weighted by Gasteiger charge is 2.31. The molecular formula is C14H22N4O. The zero-order valence-corrected chi connectivity index (χ0v) is 11.6. The molecule has 1 aromatic heterocycles. The van der Waals surface area contributed by atoms with Crippen LogP contribution in [-0.2, 0) is 0 Å². The average molecular weight is 262 g/mol. The van der Waals surface area contributed by atoms with Gasteiger partial charge in [-0.1, -0.05) is 18.5 Å². The Balaban J connectivity index is 2.38. The van der Waals surface area contributed by atoms with Crippen LogP contribution in [0.5, 0.6) is 0 Å². The van der Waals surface area contributed by atoms with Gasteiger partial charge in [0.2, 0.25) is 0 Å². The molecule has 19 heavy (non-hydrogen) atoms. The number of pyridine rings is 1. The molecule has 3 N–H and O–H groups in total. The molecule has 0 unspecified atom stereocenters. The summed E-state index contributed by atoms with van der Waals surface area (Å²) in [6.07, 6.45) is 6.47. The summed E-state index contributed by atoms with van der Waals surface area (Å²) in [5.41, 5.74) is 7.56. The minimum atomic E-state index is 0.141. The second-order valence-electron chi connectivity index (χ2n) is 5.09. The molecule has 1 fully saturated rings. The van der Waals surface area contributed by atoms with Gasteiger partial charge in [0.25, 0.3) is 0 Å². The van der Waals surface area contributed by atoms with E-state index in [2.05, 4.69) is 22.0 Å². The molecule has 2 rings (SSSR count). The molecule has 5 nitrogen and oxygen atoms in total. The van der Waals surface area contributed by atoms with Crippen LogP contribution in [0.3, 0.4) is 0 Å². The Bertz CT molecular complexity index is 469. The van der Waals surface area contributed by atoms with Crippen LogP contribution in [0, 0.1) is 6.92 Å². The average Bonchev–Trinajstić information content (AvgIpc) is 3.23. The van der Waals surface area contributed by atoms with Crippen LogP contribution < -0.4 is 10.6 Å². The van der Waals surface area contributed by atoms with Gasteiger partial charge in [-0.05, 0) is 37.8 Å². The Hall–Kier alpha value is -1.78. The van der Waals surface area contributed by atoms with Crippen molar-refractivity contribution in [2.45, 2.75) is 45.6 Å². The van der Waals surface area contributed by atoms with E-state index in [9.17, 15) is 0 Å². The molecular weight excluding hydrogens is 240 g/mol. The first-order chi connectivity index (χ1) is 9.19.